The summed E-state index contributed by atoms with van der Waals surface area (Å²) >= 11 is 7.15. The van der Waals surface area contributed by atoms with Crippen LogP contribution in [0.1, 0.15) is 22.1 Å². The van der Waals surface area contributed by atoms with Gasteiger partial charge in [-0.2, -0.15) is 0 Å². The van der Waals surface area contributed by atoms with Crippen LogP contribution in [0.25, 0.3) is 0 Å². The van der Waals surface area contributed by atoms with Gasteiger partial charge in [0.1, 0.15) is 11.9 Å². The minimum absolute atomic E-state index is 0.0331. The Bertz CT molecular complexity index is 509. The molecule has 1 N–H and O–H groups in total. The average Bonchev–Trinajstić information content (AvgIpc) is 2.67. The van der Waals surface area contributed by atoms with Gasteiger partial charge in [-0.3, -0.25) is 0 Å². The third kappa shape index (κ3) is 2.12. The fourth-order valence-corrected chi connectivity index (χ4v) is 2.63. The van der Waals surface area contributed by atoms with Crippen LogP contribution in [-0.2, 0) is 0 Å². The fraction of sp³-hybridized carbons (Fsp3) is 0.167. The van der Waals surface area contributed by atoms with Gasteiger partial charge in [0, 0.05) is 4.88 Å². The predicted molar refractivity (Wildman–Crippen MR) is 64.5 cm³/mol. The Morgan fingerprint density at radius 3 is 2.69 bits per heavy atom. The lowest BCUT2D eigenvalue weighted by Gasteiger charge is -2.11. The van der Waals surface area contributed by atoms with Crippen molar-refractivity contribution in [1.29, 1.82) is 0 Å². The molecule has 0 fully saturated rings. The summed E-state index contributed by atoms with van der Waals surface area (Å²) < 4.78 is 13.0. The standard InChI is InChI=1S/C12H10ClFOS/c1-7-4-5-16-12(7)11(15)8-2-3-10(14)9(13)6-8/h2-6,11,15H,1H3. The van der Waals surface area contributed by atoms with Crippen molar-refractivity contribution < 1.29 is 9.50 Å². The average molecular weight is 257 g/mol. The molecule has 0 aliphatic carbocycles. The molecule has 1 aromatic heterocycles. The highest BCUT2D eigenvalue weighted by Crippen LogP contribution is 2.30. The SMILES string of the molecule is Cc1ccsc1C(O)c1ccc(F)c(Cl)c1. The molecule has 1 atom stereocenters. The maximum absolute atomic E-state index is 13.0. The van der Waals surface area contributed by atoms with Crippen LogP contribution in [0.15, 0.2) is 29.6 Å². The summed E-state index contributed by atoms with van der Waals surface area (Å²) in [6.45, 7) is 1.93. The molecule has 0 spiro atoms. The molecule has 0 saturated carbocycles. The second-order valence-corrected chi connectivity index (χ2v) is 4.90. The maximum Gasteiger partial charge on any atom is 0.141 e. The Morgan fingerprint density at radius 1 is 1.38 bits per heavy atom. The molecule has 1 heterocycles. The van der Waals surface area contributed by atoms with Crippen molar-refractivity contribution >= 4 is 22.9 Å². The number of aryl methyl sites for hydroxylation is 1. The predicted octanol–water partition coefficient (Wildman–Crippen LogP) is 3.93. The zero-order valence-corrected chi connectivity index (χ0v) is 10.1. The van der Waals surface area contributed by atoms with Crippen molar-refractivity contribution in [2.45, 2.75) is 13.0 Å². The van der Waals surface area contributed by atoms with E-state index in [9.17, 15) is 9.50 Å². The minimum atomic E-state index is -0.738. The number of thiophene rings is 1. The van der Waals surface area contributed by atoms with Crippen LogP contribution < -0.4 is 0 Å². The lowest BCUT2D eigenvalue weighted by atomic mass is 10.1. The maximum atomic E-state index is 13.0. The summed E-state index contributed by atoms with van der Waals surface area (Å²) in [5, 5.41) is 12.1. The fourth-order valence-electron chi connectivity index (χ4n) is 1.50. The molecule has 0 bridgehead atoms. The summed E-state index contributed by atoms with van der Waals surface area (Å²) in [4.78, 5) is 0.864. The zero-order chi connectivity index (χ0) is 11.7. The molecular weight excluding hydrogens is 247 g/mol. The quantitative estimate of drug-likeness (QED) is 0.863. The van der Waals surface area contributed by atoms with Gasteiger partial charge in [-0.15, -0.1) is 11.3 Å². The van der Waals surface area contributed by atoms with E-state index in [1.54, 1.807) is 6.07 Å². The van der Waals surface area contributed by atoms with Crippen molar-refractivity contribution in [3.05, 3.63) is 56.5 Å². The molecule has 16 heavy (non-hydrogen) atoms. The van der Waals surface area contributed by atoms with Crippen molar-refractivity contribution in [3.8, 4) is 0 Å². The summed E-state index contributed by atoms with van der Waals surface area (Å²) in [6.07, 6.45) is -0.738. The summed E-state index contributed by atoms with van der Waals surface area (Å²) in [6, 6.07) is 6.21. The van der Waals surface area contributed by atoms with E-state index < -0.39 is 11.9 Å². The molecule has 4 heteroatoms. The Morgan fingerprint density at radius 2 is 2.12 bits per heavy atom. The highest BCUT2D eigenvalue weighted by atomic mass is 35.5. The molecule has 2 aromatic rings. The number of aliphatic hydroxyl groups is 1. The molecule has 1 aromatic carbocycles. The molecule has 0 saturated heterocycles. The summed E-state index contributed by atoms with van der Waals surface area (Å²) in [5.41, 5.74) is 1.63. The number of hydrogen-bond acceptors (Lipinski definition) is 2. The Hall–Kier alpha value is -0.900. The molecule has 2 rings (SSSR count). The summed E-state index contributed by atoms with van der Waals surface area (Å²) in [7, 11) is 0. The van der Waals surface area contributed by atoms with Gasteiger partial charge in [-0.1, -0.05) is 17.7 Å². The number of rotatable bonds is 2. The molecular formula is C12H10ClFOS. The van der Waals surface area contributed by atoms with Crippen LogP contribution in [0.3, 0.4) is 0 Å². The molecule has 0 amide bonds. The van der Waals surface area contributed by atoms with E-state index in [0.717, 1.165) is 10.4 Å². The molecule has 1 unspecified atom stereocenters. The first-order chi connectivity index (χ1) is 7.59. The first-order valence-corrected chi connectivity index (χ1v) is 6.02. The topological polar surface area (TPSA) is 20.2 Å². The van der Waals surface area contributed by atoms with Gasteiger partial charge in [0.05, 0.1) is 5.02 Å². The van der Waals surface area contributed by atoms with Crippen LogP contribution in [0.5, 0.6) is 0 Å². The van der Waals surface area contributed by atoms with E-state index in [-0.39, 0.29) is 5.02 Å². The van der Waals surface area contributed by atoms with Crippen LogP contribution in [0, 0.1) is 12.7 Å². The van der Waals surface area contributed by atoms with E-state index >= 15 is 0 Å². The van der Waals surface area contributed by atoms with Gasteiger partial charge in [0.2, 0.25) is 0 Å². The highest BCUT2D eigenvalue weighted by Gasteiger charge is 2.15. The van der Waals surface area contributed by atoms with E-state index in [0.29, 0.717) is 5.56 Å². The Balaban J connectivity index is 2.38. The second-order valence-electron chi connectivity index (χ2n) is 3.54. The highest BCUT2D eigenvalue weighted by molar-refractivity contribution is 7.10. The van der Waals surface area contributed by atoms with Gasteiger partial charge in [-0.25, -0.2) is 4.39 Å². The van der Waals surface area contributed by atoms with E-state index in [2.05, 4.69) is 0 Å². The van der Waals surface area contributed by atoms with Crippen LogP contribution >= 0.6 is 22.9 Å². The summed E-state index contributed by atoms with van der Waals surface area (Å²) in [5.74, 6) is -0.472. The normalized spacial score (nSPS) is 12.8. The number of halogens is 2. The van der Waals surface area contributed by atoms with Gasteiger partial charge in [0.25, 0.3) is 0 Å². The monoisotopic (exact) mass is 256 g/mol. The number of aliphatic hydroxyl groups excluding tert-OH is 1. The minimum Gasteiger partial charge on any atom is -0.383 e. The molecule has 1 nitrogen and oxygen atoms in total. The van der Waals surface area contributed by atoms with Gasteiger partial charge in [0.15, 0.2) is 0 Å². The zero-order valence-electron chi connectivity index (χ0n) is 8.58. The Kier molecular flexibility index (Phi) is 3.28. The van der Waals surface area contributed by atoms with Crippen molar-refractivity contribution in [2.24, 2.45) is 0 Å². The van der Waals surface area contributed by atoms with Crippen molar-refractivity contribution in [2.75, 3.05) is 0 Å². The third-order valence-corrected chi connectivity index (χ3v) is 3.77. The third-order valence-electron chi connectivity index (χ3n) is 2.41. The smallest absolute Gasteiger partial charge is 0.141 e. The van der Waals surface area contributed by atoms with Crippen molar-refractivity contribution in [3.63, 3.8) is 0 Å². The first kappa shape index (κ1) is 11.6. The lowest BCUT2D eigenvalue weighted by molar-refractivity contribution is 0.223. The van der Waals surface area contributed by atoms with Crippen LogP contribution in [0.4, 0.5) is 4.39 Å². The molecule has 0 radical (unpaired) electrons. The number of benzene rings is 1. The second kappa shape index (κ2) is 4.53. The van der Waals surface area contributed by atoms with Crippen molar-refractivity contribution in [1.82, 2.24) is 0 Å². The van der Waals surface area contributed by atoms with E-state index in [4.69, 9.17) is 11.6 Å². The first-order valence-electron chi connectivity index (χ1n) is 4.76. The van der Waals surface area contributed by atoms with E-state index in [1.165, 1.54) is 23.5 Å². The van der Waals surface area contributed by atoms with E-state index in [1.807, 2.05) is 18.4 Å². The lowest BCUT2D eigenvalue weighted by Crippen LogP contribution is -1.99. The largest absolute Gasteiger partial charge is 0.383 e. The molecule has 0 aliphatic heterocycles. The van der Waals surface area contributed by atoms with Gasteiger partial charge >= 0.3 is 0 Å². The van der Waals surface area contributed by atoms with Gasteiger partial charge < -0.3 is 5.11 Å². The van der Waals surface area contributed by atoms with Crippen LogP contribution in [-0.4, -0.2) is 5.11 Å². The van der Waals surface area contributed by atoms with Crippen LogP contribution in [0.2, 0.25) is 5.02 Å². The Labute approximate surface area is 102 Å². The molecule has 84 valence electrons. The van der Waals surface area contributed by atoms with Gasteiger partial charge in [-0.05, 0) is 41.6 Å². The number of hydrogen-bond donors (Lipinski definition) is 1. The molecule has 0 aliphatic rings.